The van der Waals surface area contributed by atoms with Crippen LogP contribution in [-0.4, -0.2) is 26.3 Å². The molecule has 0 saturated heterocycles. The number of nitrogens with two attached hydrogens (primary N) is 1. The van der Waals surface area contributed by atoms with Crippen LogP contribution in [-0.2, 0) is 0 Å². The van der Waals surface area contributed by atoms with Gasteiger partial charge < -0.3 is 15.5 Å². The topological polar surface area (TPSA) is 107 Å². The number of rotatable bonds is 2. The number of hydrogen-bond donors (Lipinski definition) is 2. The van der Waals surface area contributed by atoms with Crippen LogP contribution >= 0.6 is 0 Å². The molecule has 3 N–H and O–H groups in total. The van der Waals surface area contributed by atoms with Crippen molar-refractivity contribution in [3.05, 3.63) is 63.3 Å². The third-order valence-electron chi connectivity index (χ3n) is 3.85. The molecular formula is C16H13N5O3. The highest BCUT2D eigenvalue weighted by Gasteiger charge is 2.15. The first-order valence-electron chi connectivity index (χ1n) is 7.17. The molecule has 2 heterocycles. The second-order valence-electron chi connectivity index (χ2n) is 5.25. The number of benzene rings is 2. The molecule has 4 rings (SSSR count). The van der Waals surface area contributed by atoms with E-state index in [0.29, 0.717) is 28.2 Å². The van der Waals surface area contributed by atoms with E-state index in [4.69, 9.17) is 10.5 Å². The number of para-hydroxylation sites is 1. The number of aromatic nitrogens is 4. The number of ether oxygens (including phenoxy) is 1. The van der Waals surface area contributed by atoms with Crippen LogP contribution in [0.5, 0.6) is 5.75 Å². The van der Waals surface area contributed by atoms with E-state index < -0.39 is 11.2 Å². The molecule has 0 amide bonds. The molecule has 0 fully saturated rings. The van der Waals surface area contributed by atoms with Gasteiger partial charge in [-0.2, -0.15) is 4.68 Å². The lowest BCUT2D eigenvalue weighted by atomic mass is 10.2. The molecule has 24 heavy (non-hydrogen) atoms. The van der Waals surface area contributed by atoms with Crippen molar-refractivity contribution in [1.29, 1.82) is 0 Å². The van der Waals surface area contributed by atoms with Gasteiger partial charge in [-0.1, -0.05) is 6.07 Å². The molecule has 8 heteroatoms. The van der Waals surface area contributed by atoms with Gasteiger partial charge in [-0.05, 0) is 36.4 Å². The summed E-state index contributed by atoms with van der Waals surface area (Å²) in [5.41, 5.74) is 6.79. The molecule has 0 bridgehead atoms. The molecule has 0 aliphatic carbocycles. The number of hydrogen-bond acceptors (Lipinski definition) is 5. The van der Waals surface area contributed by atoms with Crippen LogP contribution in [0.2, 0.25) is 0 Å². The van der Waals surface area contributed by atoms with Crippen molar-refractivity contribution >= 4 is 22.4 Å². The molecule has 0 unspecified atom stereocenters. The molecule has 0 aliphatic heterocycles. The molecule has 0 saturated carbocycles. The lowest BCUT2D eigenvalue weighted by Crippen LogP contribution is -2.21. The third-order valence-corrected chi connectivity index (χ3v) is 3.85. The standard InChI is InChI=1S/C16H13N5O3/c1-24-10-7-5-9(6-8-10)21-16(23)20-12-4-2-3-11(17)13(12)18-15(22)14(20)19-21/h2-8H,17H2,1H3,(H,18,22). The van der Waals surface area contributed by atoms with Gasteiger partial charge in [0.05, 0.1) is 29.5 Å². The van der Waals surface area contributed by atoms with Gasteiger partial charge in [0.1, 0.15) is 5.75 Å². The minimum Gasteiger partial charge on any atom is -0.497 e. The highest BCUT2D eigenvalue weighted by Crippen LogP contribution is 2.17. The molecule has 0 radical (unpaired) electrons. The van der Waals surface area contributed by atoms with E-state index in [1.165, 1.54) is 9.08 Å². The molecule has 120 valence electrons. The summed E-state index contributed by atoms with van der Waals surface area (Å²) in [6.07, 6.45) is 0. The SMILES string of the molecule is COc1ccc(-n2nc3c(=O)[nH]c4c(N)cccc4n3c2=O)cc1. The maximum Gasteiger partial charge on any atom is 0.355 e. The van der Waals surface area contributed by atoms with Gasteiger partial charge in [0.2, 0.25) is 5.65 Å². The van der Waals surface area contributed by atoms with E-state index in [-0.39, 0.29) is 5.65 Å². The smallest absolute Gasteiger partial charge is 0.355 e. The first-order chi connectivity index (χ1) is 11.6. The monoisotopic (exact) mass is 323 g/mol. The van der Waals surface area contributed by atoms with Crippen LogP contribution in [0, 0.1) is 0 Å². The first-order valence-corrected chi connectivity index (χ1v) is 7.17. The van der Waals surface area contributed by atoms with Gasteiger partial charge in [-0.3, -0.25) is 4.79 Å². The first kappa shape index (κ1) is 14.1. The van der Waals surface area contributed by atoms with E-state index in [1.54, 1.807) is 49.6 Å². The van der Waals surface area contributed by atoms with Gasteiger partial charge in [0, 0.05) is 0 Å². The Morgan fingerprint density at radius 3 is 2.58 bits per heavy atom. The molecule has 4 aromatic rings. The lowest BCUT2D eigenvalue weighted by Gasteiger charge is -2.02. The Bertz CT molecular complexity index is 1180. The molecule has 8 nitrogen and oxygen atoms in total. The highest BCUT2D eigenvalue weighted by atomic mass is 16.5. The van der Waals surface area contributed by atoms with Crippen LogP contribution in [0.4, 0.5) is 5.69 Å². The number of anilines is 1. The predicted octanol–water partition coefficient (Wildman–Crippen LogP) is 0.917. The average molecular weight is 323 g/mol. The Morgan fingerprint density at radius 2 is 1.88 bits per heavy atom. The molecule has 2 aromatic carbocycles. The Labute approximate surface area is 134 Å². The largest absolute Gasteiger partial charge is 0.497 e. The van der Waals surface area contributed by atoms with E-state index in [9.17, 15) is 9.59 Å². The fourth-order valence-corrected chi connectivity index (χ4v) is 2.67. The normalized spacial score (nSPS) is 11.2. The molecule has 0 aliphatic rings. The molecule has 0 atom stereocenters. The van der Waals surface area contributed by atoms with E-state index in [0.717, 1.165) is 0 Å². The van der Waals surface area contributed by atoms with Gasteiger partial charge in [-0.15, -0.1) is 5.10 Å². The van der Waals surface area contributed by atoms with Crippen molar-refractivity contribution in [2.45, 2.75) is 0 Å². The van der Waals surface area contributed by atoms with E-state index in [2.05, 4.69) is 10.1 Å². The number of aromatic amines is 1. The van der Waals surface area contributed by atoms with Crippen LogP contribution in [0.15, 0.2) is 52.1 Å². The zero-order valence-corrected chi connectivity index (χ0v) is 12.7. The third kappa shape index (κ3) is 1.89. The second-order valence-corrected chi connectivity index (χ2v) is 5.25. The Hall–Kier alpha value is -3.55. The maximum absolute atomic E-state index is 12.8. The summed E-state index contributed by atoms with van der Waals surface area (Å²) in [7, 11) is 1.56. The molecule has 2 aromatic heterocycles. The summed E-state index contributed by atoms with van der Waals surface area (Å²) in [5.74, 6) is 0.659. The van der Waals surface area contributed by atoms with Crippen LogP contribution in [0.25, 0.3) is 22.4 Å². The van der Waals surface area contributed by atoms with Gasteiger partial charge in [0.25, 0.3) is 5.56 Å². The van der Waals surface area contributed by atoms with E-state index >= 15 is 0 Å². The van der Waals surface area contributed by atoms with Crippen molar-refractivity contribution in [3.8, 4) is 11.4 Å². The van der Waals surface area contributed by atoms with Crippen molar-refractivity contribution in [2.24, 2.45) is 0 Å². The summed E-state index contributed by atoms with van der Waals surface area (Å²) in [6, 6.07) is 11.9. The van der Waals surface area contributed by atoms with Gasteiger partial charge in [-0.25, -0.2) is 9.20 Å². The van der Waals surface area contributed by atoms with Crippen LogP contribution in [0.1, 0.15) is 0 Å². The summed E-state index contributed by atoms with van der Waals surface area (Å²) in [5, 5.41) is 4.16. The van der Waals surface area contributed by atoms with Crippen molar-refractivity contribution < 1.29 is 4.74 Å². The van der Waals surface area contributed by atoms with Gasteiger partial charge >= 0.3 is 5.69 Å². The quantitative estimate of drug-likeness (QED) is 0.533. The Balaban J connectivity index is 2.09. The van der Waals surface area contributed by atoms with E-state index in [1.807, 2.05) is 0 Å². The zero-order chi connectivity index (χ0) is 16.8. The van der Waals surface area contributed by atoms with Crippen molar-refractivity contribution in [1.82, 2.24) is 19.2 Å². The summed E-state index contributed by atoms with van der Waals surface area (Å²) in [6.45, 7) is 0. The minimum absolute atomic E-state index is 0.00826. The summed E-state index contributed by atoms with van der Waals surface area (Å²) < 4.78 is 7.53. The number of nitrogen functional groups attached to an aromatic ring is 1. The predicted molar refractivity (Wildman–Crippen MR) is 89.9 cm³/mol. The van der Waals surface area contributed by atoms with Crippen LogP contribution in [0.3, 0.4) is 0 Å². The average Bonchev–Trinajstić information content (AvgIpc) is 2.95. The lowest BCUT2D eigenvalue weighted by molar-refractivity contribution is 0.414. The maximum atomic E-state index is 12.8. The molecule has 0 spiro atoms. The van der Waals surface area contributed by atoms with Gasteiger partial charge in [0.15, 0.2) is 0 Å². The minimum atomic E-state index is -0.482. The summed E-state index contributed by atoms with van der Waals surface area (Å²) >= 11 is 0. The number of methoxy groups -OCH3 is 1. The fourth-order valence-electron chi connectivity index (χ4n) is 2.67. The molecular weight excluding hydrogens is 310 g/mol. The number of H-pyrrole nitrogens is 1. The number of fused-ring (bicyclic) bond motifs is 3. The Kier molecular flexibility index (Phi) is 2.92. The summed E-state index contributed by atoms with van der Waals surface area (Å²) in [4.78, 5) is 27.8. The van der Waals surface area contributed by atoms with Crippen LogP contribution < -0.4 is 21.7 Å². The van der Waals surface area contributed by atoms with Crippen molar-refractivity contribution in [3.63, 3.8) is 0 Å². The fraction of sp³-hybridized carbons (Fsp3) is 0.0625. The van der Waals surface area contributed by atoms with Crippen molar-refractivity contribution in [2.75, 3.05) is 12.8 Å². The number of nitrogens with one attached hydrogen (secondary N) is 1. The number of nitrogens with zero attached hydrogens (tertiary/aromatic N) is 3. The highest BCUT2D eigenvalue weighted by molar-refractivity contribution is 5.87. The Morgan fingerprint density at radius 1 is 1.12 bits per heavy atom. The zero-order valence-electron chi connectivity index (χ0n) is 12.7. The second kappa shape index (κ2) is 4.98.